The van der Waals surface area contributed by atoms with E-state index in [0.29, 0.717) is 6.54 Å². The minimum absolute atomic E-state index is 0.221. The molecule has 1 atom stereocenters. The molecule has 2 aromatic heterocycles. The lowest BCUT2D eigenvalue weighted by atomic mass is 10.2. The van der Waals surface area contributed by atoms with E-state index in [9.17, 15) is 9.59 Å². The van der Waals surface area contributed by atoms with Crippen molar-refractivity contribution in [1.82, 2.24) is 20.1 Å². The molecule has 0 unspecified atom stereocenters. The highest BCUT2D eigenvalue weighted by Gasteiger charge is 2.21. The molecule has 114 valence electrons. The van der Waals surface area contributed by atoms with E-state index in [4.69, 9.17) is 0 Å². The van der Waals surface area contributed by atoms with Gasteiger partial charge in [-0.15, -0.1) is 0 Å². The van der Waals surface area contributed by atoms with E-state index >= 15 is 0 Å². The summed E-state index contributed by atoms with van der Waals surface area (Å²) in [5, 5.41) is 7.15. The molecule has 0 bridgehead atoms. The van der Waals surface area contributed by atoms with Gasteiger partial charge in [0.2, 0.25) is 5.91 Å². The Hall–Kier alpha value is -2.50. The van der Waals surface area contributed by atoms with Gasteiger partial charge in [-0.25, -0.2) is 4.68 Å². The zero-order valence-electron chi connectivity index (χ0n) is 12.5. The topological polar surface area (TPSA) is 76.9 Å². The second-order valence-corrected chi connectivity index (χ2v) is 5.47. The molecule has 1 amide bonds. The second kappa shape index (κ2) is 6.09. The van der Waals surface area contributed by atoms with Crippen molar-refractivity contribution in [3.05, 3.63) is 57.8 Å². The molecule has 3 rings (SSSR count). The summed E-state index contributed by atoms with van der Waals surface area (Å²) in [6.45, 7) is 2.02. The zero-order chi connectivity index (χ0) is 15.5. The van der Waals surface area contributed by atoms with Crippen molar-refractivity contribution in [3.8, 4) is 0 Å². The molecule has 0 radical (unpaired) electrons. The predicted molar refractivity (Wildman–Crippen MR) is 81.3 cm³/mol. The van der Waals surface area contributed by atoms with E-state index in [0.717, 1.165) is 36.2 Å². The van der Waals surface area contributed by atoms with E-state index < -0.39 is 6.04 Å². The number of fused-ring (bicyclic) bond motifs is 1. The van der Waals surface area contributed by atoms with Crippen molar-refractivity contribution in [2.45, 2.75) is 38.8 Å². The van der Waals surface area contributed by atoms with Crippen LogP contribution in [0.15, 0.2) is 35.3 Å². The number of nitrogens with one attached hydrogen (secondary N) is 1. The smallest absolute Gasteiger partial charge is 0.267 e. The van der Waals surface area contributed by atoms with Gasteiger partial charge in [-0.1, -0.05) is 6.07 Å². The Morgan fingerprint density at radius 2 is 2.27 bits per heavy atom. The van der Waals surface area contributed by atoms with Crippen LogP contribution in [0.2, 0.25) is 0 Å². The van der Waals surface area contributed by atoms with Gasteiger partial charge in [0.15, 0.2) is 0 Å². The fraction of sp³-hybridized carbons (Fsp3) is 0.375. The maximum atomic E-state index is 12.2. The summed E-state index contributed by atoms with van der Waals surface area (Å²) in [6, 6.07) is 6.50. The lowest BCUT2D eigenvalue weighted by molar-refractivity contribution is -0.124. The molecule has 22 heavy (non-hydrogen) atoms. The SMILES string of the molecule is C[C@H](C(=O)NCc1ccccn1)n1nc2c(cc1=O)CCC2. The van der Waals surface area contributed by atoms with Gasteiger partial charge < -0.3 is 5.32 Å². The first-order valence-corrected chi connectivity index (χ1v) is 7.44. The van der Waals surface area contributed by atoms with Gasteiger partial charge in [-0.3, -0.25) is 14.6 Å². The van der Waals surface area contributed by atoms with Crippen LogP contribution in [0.4, 0.5) is 0 Å². The van der Waals surface area contributed by atoms with E-state index in [1.165, 1.54) is 4.68 Å². The molecular formula is C16H18N4O2. The average Bonchev–Trinajstić information content (AvgIpc) is 2.99. The Bertz CT molecular complexity index is 740. The van der Waals surface area contributed by atoms with Crippen LogP contribution in [0.3, 0.4) is 0 Å². The van der Waals surface area contributed by atoms with Crippen LogP contribution in [0, 0.1) is 0 Å². The molecule has 6 heteroatoms. The van der Waals surface area contributed by atoms with Crippen LogP contribution < -0.4 is 10.9 Å². The van der Waals surface area contributed by atoms with Gasteiger partial charge in [0, 0.05) is 12.3 Å². The lowest BCUT2D eigenvalue weighted by Crippen LogP contribution is -2.37. The molecular weight excluding hydrogens is 280 g/mol. The fourth-order valence-electron chi connectivity index (χ4n) is 2.63. The van der Waals surface area contributed by atoms with Gasteiger partial charge in [0.1, 0.15) is 6.04 Å². The normalized spacial score (nSPS) is 14.4. The molecule has 0 fully saturated rings. The standard InChI is InChI=1S/C16H18N4O2/c1-11(16(22)18-10-13-6-2-3-8-17-13)20-15(21)9-12-5-4-7-14(12)19-20/h2-3,6,8-9,11H,4-5,7,10H2,1H3,(H,18,22)/t11-/m1/s1. The maximum Gasteiger partial charge on any atom is 0.267 e. The number of hydrogen-bond donors (Lipinski definition) is 1. The third-order valence-corrected chi connectivity index (χ3v) is 3.90. The summed E-state index contributed by atoms with van der Waals surface area (Å²) in [4.78, 5) is 28.5. The number of carbonyl (C=O) groups is 1. The number of nitrogens with zero attached hydrogens (tertiary/aromatic N) is 3. The van der Waals surface area contributed by atoms with Crippen molar-refractivity contribution >= 4 is 5.91 Å². The molecule has 1 aliphatic rings. The van der Waals surface area contributed by atoms with Crippen LogP contribution in [-0.4, -0.2) is 20.7 Å². The summed E-state index contributed by atoms with van der Waals surface area (Å²) in [7, 11) is 0. The molecule has 0 aromatic carbocycles. The summed E-state index contributed by atoms with van der Waals surface area (Å²) in [5.41, 5.74) is 2.50. The molecule has 0 saturated carbocycles. The Kier molecular flexibility index (Phi) is 4.00. The van der Waals surface area contributed by atoms with E-state index in [1.807, 2.05) is 18.2 Å². The van der Waals surface area contributed by atoms with Crippen molar-refractivity contribution in [2.75, 3.05) is 0 Å². The number of aromatic nitrogens is 3. The Labute approximate surface area is 128 Å². The monoisotopic (exact) mass is 298 g/mol. The number of rotatable bonds is 4. The van der Waals surface area contributed by atoms with Gasteiger partial charge in [-0.05, 0) is 43.9 Å². The van der Waals surface area contributed by atoms with Crippen LogP contribution in [0.5, 0.6) is 0 Å². The second-order valence-electron chi connectivity index (χ2n) is 5.47. The first-order chi connectivity index (χ1) is 10.6. The molecule has 6 nitrogen and oxygen atoms in total. The summed E-state index contributed by atoms with van der Waals surface area (Å²) in [5.74, 6) is -0.238. The van der Waals surface area contributed by atoms with Crippen molar-refractivity contribution in [1.29, 1.82) is 0 Å². The minimum Gasteiger partial charge on any atom is -0.349 e. The molecule has 0 spiro atoms. The Morgan fingerprint density at radius 3 is 3.05 bits per heavy atom. The lowest BCUT2D eigenvalue weighted by Gasteiger charge is -2.15. The molecule has 1 N–H and O–H groups in total. The maximum absolute atomic E-state index is 12.2. The molecule has 0 aliphatic heterocycles. The Morgan fingerprint density at radius 1 is 1.41 bits per heavy atom. The van der Waals surface area contributed by atoms with Gasteiger partial charge >= 0.3 is 0 Å². The van der Waals surface area contributed by atoms with Crippen LogP contribution in [0.1, 0.15) is 36.3 Å². The van der Waals surface area contributed by atoms with E-state index in [2.05, 4.69) is 15.4 Å². The van der Waals surface area contributed by atoms with E-state index in [-0.39, 0.29) is 11.5 Å². The predicted octanol–water partition coefficient (Wildman–Crippen LogP) is 1.00. The van der Waals surface area contributed by atoms with Crippen LogP contribution >= 0.6 is 0 Å². The van der Waals surface area contributed by atoms with Gasteiger partial charge in [-0.2, -0.15) is 5.10 Å². The largest absolute Gasteiger partial charge is 0.349 e. The first kappa shape index (κ1) is 14.4. The number of amides is 1. The quantitative estimate of drug-likeness (QED) is 0.913. The number of aryl methyl sites for hydroxylation is 2. The first-order valence-electron chi connectivity index (χ1n) is 7.44. The molecule has 2 heterocycles. The van der Waals surface area contributed by atoms with Crippen molar-refractivity contribution in [2.24, 2.45) is 0 Å². The highest BCUT2D eigenvalue weighted by molar-refractivity contribution is 5.79. The summed E-state index contributed by atoms with van der Waals surface area (Å²) in [6.07, 6.45) is 4.47. The third kappa shape index (κ3) is 2.90. The van der Waals surface area contributed by atoms with Crippen LogP contribution in [0.25, 0.3) is 0 Å². The minimum atomic E-state index is -0.637. The highest BCUT2D eigenvalue weighted by atomic mass is 16.2. The number of pyridine rings is 1. The highest BCUT2D eigenvalue weighted by Crippen LogP contribution is 2.17. The third-order valence-electron chi connectivity index (χ3n) is 3.90. The van der Waals surface area contributed by atoms with Crippen LogP contribution in [-0.2, 0) is 24.2 Å². The van der Waals surface area contributed by atoms with Crippen molar-refractivity contribution in [3.63, 3.8) is 0 Å². The average molecular weight is 298 g/mol. The summed E-state index contributed by atoms with van der Waals surface area (Å²) >= 11 is 0. The molecule has 0 saturated heterocycles. The summed E-state index contributed by atoms with van der Waals surface area (Å²) < 4.78 is 1.28. The Balaban J connectivity index is 1.72. The molecule has 1 aliphatic carbocycles. The number of hydrogen-bond acceptors (Lipinski definition) is 4. The van der Waals surface area contributed by atoms with Gasteiger partial charge in [0.05, 0.1) is 17.9 Å². The fourth-order valence-corrected chi connectivity index (χ4v) is 2.63. The van der Waals surface area contributed by atoms with E-state index in [1.54, 1.807) is 19.2 Å². The number of carbonyl (C=O) groups excluding carboxylic acids is 1. The van der Waals surface area contributed by atoms with Gasteiger partial charge in [0.25, 0.3) is 5.56 Å². The van der Waals surface area contributed by atoms with Crippen molar-refractivity contribution < 1.29 is 4.79 Å². The molecule has 2 aromatic rings. The zero-order valence-corrected chi connectivity index (χ0v) is 12.5.